The van der Waals surface area contributed by atoms with Crippen molar-refractivity contribution in [3.05, 3.63) is 12.4 Å². The molecule has 0 N–H and O–H groups in total. The molecule has 0 aliphatic carbocycles. The number of Topliss-reactive ketones (excluding diaryl/α,β-unsaturated/α-hetero) is 1. The van der Waals surface area contributed by atoms with Crippen molar-refractivity contribution in [2.24, 2.45) is 0 Å². The van der Waals surface area contributed by atoms with Crippen molar-refractivity contribution in [1.82, 2.24) is 0 Å². The SMILES string of the molecule is C=C(F)C(=O)OC(OCCCC(F)(F)C(F)(F)S(=O)(=O)[O-])(C(=O)OCC(C)=O)C(F)(F)F. The second kappa shape index (κ2) is 10.1. The molecule has 0 aliphatic heterocycles. The summed E-state index contributed by atoms with van der Waals surface area (Å²) in [4.78, 5) is 33.8. The highest BCUT2D eigenvalue weighted by Gasteiger charge is 2.68. The lowest BCUT2D eigenvalue weighted by Gasteiger charge is -2.32. The van der Waals surface area contributed by atoms with E-state index in [0.29, 0.717) is 0 Å². The second-order valence-electron chi connectivity index (χ2n) is 5.81. The van der Waals surface area contributed by atoms with E-state index in [1.165, 1.54) is 0 Å². The number of alkyl halides is 7. The number of ether oxygens (including phenoxy) is 3. The number of carbonyl (C=O) groups is 3. The van der Waals surface area contributed by atoms with Gasteiger partial charge in [0.1, 0.15) is 6.61 Å². The van der Waals surface area contributed by atoms with Crippen LogP contribution < -0.4 is 0 Å². The summed E-state index contributed by atoms with van der Waals surface area (Å²) in [7, 11) is -6.88. The van der Waals surface area contributed by atoms with Gasteiger partial charge >= 0.3 is 35.1 Å². The molecule has 1 unspecified atom stereocenters. The Morgan fingerprint density at radius 2 is 1.53 bits per heavy atom. The molecule has 0 aromatic carbocycles. The molecule has 0 bridgehead atoms. The van der Waals surface area contributed by atoms with Gasteiger partial charge < -0.3 is 18.8 Å². The smallest absolute Gasteiger partial charge is 0.468 e. The summed E-state index contributed by atoms with van der Waals surface area (Å²) in [5.41, 5.74) is 0. The van der Waals surface area contributed by atoms with Crippen LogP contribution in [0.2, 0.25) is 0 Å². The third-order valence-electron chi connectivity index (χ3n) is 3.19. The fourth-order valence-electron chi connectivity index (χ4n) is 1.67. The maximum Gasteiger partial charge on any atom is 0.468 e. The van der Waals surface area contributed by atoms with Crippen molar-refractivity contribution in [3.8, 4) is 0 Å². The average molecular weight is 509 g/mol. The minimum Gasteiger partial charge on any atom is -0.743 e. The van der Waals surface area contributed by atoms with Gasteiger partial charge in [0.25, 0.3) is 0 Å². The standard InChI is InChI=1S/C14H14F8O9S/c1-7(23)6-29-10(25)12(13(18,19)20,31-9(24)8(2)15)30-5-3-4-11(16,17)14(21,22)32(26,27)28/h2-6H2,1H3,(H,26,27,28)/p-1. The highest BCUT2D eigenvalue weighted by molar-refractivity contribution is 7.86. The Morgan fingerprint density at radius 1 is 1.03 bits per heavy atom. The van der Waals surface area contributed by atoms with E-state index in [0.717, 1.165) is 6.92 Å². The first-order valence-electron chi connectivity index (χ1n) is 7.78. The molecular formula is C14H13F8O9S-. The largest absolute Gasteiger partial charge is 0.743 e. The van der Waals surface area contributed by atoms with Crippen LogP contribution in [0.1, 0.15) is 19.8 Å². The second-order valence-corrected chi connectivity index (χ2v) is 7.24. The molecule has 0 radical (unpaired) electrons. The molecule has 0 saturated carbocycles. The van der Waals surface area contributed by atoms with Crippen LogP contribution in [-0.4, -0.2) is 67.0 Å². The average Bonchev–Trinajstić information content (AvgIpc) is 2.59. The number of carbonyl (C=O) groups excluding carboxylic acids is 3. The van der Waals surface area contributed by atoms with Gasteiger partial charge in [-0.15, -0.1) is 0 Å². The Kier molecular flexibility index (Phi) is 9.33. The van der Waals surface area contributed by atoms with E-state index >= 15 is 0 Å². The minimum absolute atomic E-state index is 0.741. The Hall–Kier alpha value is -2.34. The quantitative estimate of drug-likeness (QED) is 0.0966. The predicted octanol–water partition coefficient (Wildman–Crippen LogP) is 1.97. The zero-order chi connectivity index (χ0) is 25.8. The molecule has 0 fully saturated rings. The van der Waals surface area contributed by atoms with Crippen molar-refractivity contribution in [3.63, 3.8) is 0 Å². The molecule has 1 atom stereocenters. The number of ketones is 1. The normalized spacial score (nSPS) is 14.9. The third kappa shape index (κ3) is 6.83. The fraction of sp³-hybridized carbons (Fsp3) is 0.643. The number of hydrogen-bond acceptors (Lipinski definition) is 9. The topological polar surface area (TPSA) is 136 Å². The molecule has 9 nitrogen and oxygen atoms in total. The van der Waals surface area contributed by atoms with Gasteiger partial charge in [0.15, 0.2) is 15.9 Å². The van der Waals surface area contributed by atoms with Gasteiger partial charge in [-0.25, -0.2) is 18.0 Å². The van der Waals surface area contributed by atoms with E-state index < -0.39 is 82.9 Å². The number of rotatable bonds is 12. The van der Waals surface area contributed by atoms with Gasteiger partial charge in [-0.2, -0.15) is 35.1 Å². The summed E-state index contributed by atoms with van der Waals surface area (Å²) < 4.78 is 148. The molecule has 0 aliphatic rings. The van der Waals surface area contributed by atoms with Gasteiger partial charge in [0.05, 0.1) is 6.61 Å². The minimum atomic E-state index is -6.88. The molecule has 0 aromatic heterocycles. The maximum atomic E-state index is 13.5. The lowest BCUT2D eigenvalue weighted by molar-refractivity contribution is -0.355. The molecule has 0 saturated heterocycles. The number of halogens is 8. The molecule has 0 rings (SSSR count). The summed E-state index contributed by atoms with van der Waals surface area (Å²) in [5.74, 6) is -18.9. The summed E-state index contributed by atoms with van der Waals surface area (Å²) >= 11 is 0. The van der Waals surface area contributed by atoms with Gasteiger partial charge in [0.2, 0.25) is 5.83 Å². The highest BCUT2D eigenvalue weighted by atomic mass is 32.2. The van der Waals surface area contributed by atoms with E-state index in [4.69, 9.17) is 0 Å². The third-order valence-corrected chi connectivity index (χ3v) is 4.11. The molecule has 0 amide bonds. The molecule has 0 spiro atoms. The van der Waals surface area contributed by atoms with Crippen molar-refractivity contribution >= 4 is 27.8 Å². The molecule has 0 heterocycles. The van der Waals surface area contributed by atoms with Gasteiger partial charge in [-0.05, 0) is 13.3 Å². The zero-order valence-electron chi connectivity index (χ0n) is 15.6. The zero-order valence-corrected chi connectivity index (χ0v) is 16.5. The van der Waals surface area contributed by atoms with Gasteiger partial charge in [-0.1, -0.05) is 6.58 Å². The van der Waals surface area contributed by atoms with Crippen LogP contribution in [-0.2, 0) is 38.7 Å². The van der Waals surface area contributed by atoms with Crippen LogP contribution in [0.25, 0.3) is 0 Å². The Bertz CT molecular complexity index is 853. The van der Waals surface area contributed by atoms with Crippen LogP contribution in [0.4, 0.5) is 35.1 Å². The lowest BCUT2D eigenvalue weighted by atomic mass is 10.2. The predicted molar refractivity (Wildman–Crippen MR) is 81.5 cm³/mol. The lowest BCUT2D eigenvalue weighted by Crippen LogP contribution is -2.58. The first kappa shape index (κ1) is 29.7. The van der Waals surface area contributed by atoms with E-state index in [9.17, 15) is 62.5 Å². The molecule has 18 heteroatoms. The Morgan fingerprint density at radius 3 is 1.91 bits per heavy atom. The van der Waals surface area contributed by atoms with E-state index in [1.54, 1.807) is 0 Å². The Labute approximate surface area is 174 Å². The summed E-state index contributed by atoms with van der Waals surface area (Å²) in [6.45, 7) is -0.0706. The first-order chi connectivity index (χ1) is 14.1. The van der Waals surface area contributed by atoms with Crippen molar-refractivity contribution in [1.29, 1.82) is 0 Å². The summed E-state index contributed by atoms with van der Waals surface area (Å²) in [6.07, 6.45) is -9.94. The van der Waals surface area contributed by atoms with Gasteiger partial charge in [0, 0.05) is 6.42 Å². The molecule has 0 aromatic rings. The van der Waals surface area contributed by atoms with E-state index in [2.05, 4.69) is 20.8 Å². The van der Waals surface area contributed by atoms with Crippen molar-refractivity contribution in [2.75, 3.05) is 13.2 Å². The molecular weight excluding hydrogens is 496 g/mol. The Balaban J connectivity index is 5.80. The van der Waals surface area contributed by atoms with Crippen LogP contribution in [0.15, 0.2) is 12.4 Å². The van der Waals surface area contributed by atoms with Gasteiger partial charge in [-0.3, -0.25) is 4.79 Å². The molecule has 32 heavy (non-hydrogen) atoms. The number of esters is 2. The van der Waals surface area contributed by atoms with Crippen LogP contribution in [0.5, 0.6) is 0 Å². The number of hydrogen-bond donors (Lipinski definition) is 0. The maximum absolute atomic E-state index is 13.5. The van der Waals surface area contributed by atoms with Crippen molar-refractivity contribution in [2.45, 2.75) is 42.9 Å². The highest BCUT2D eigenvalue weighted by Crippen LogP contribution is 2.42. The first-order valence-corrected chi connectivity index (χ1v) is 9.19. The molecule has 186 valence electrons. The fourth-order valence-corrected chi connectivity index (χ4v) is 2.14. The summed E-state index contributed by atoms with van der Waals surface area (Å²) in [5, 5.41) is -6.15. The van der Waals surface area contributed by atoms with Crippen LogP contribution in [0, 0.1) is 0 Å². The monoisotopic (exact) mass is 509 g/mol. The summed E-state index contributed by atoms with van der Waals surface area (Å²) in [6, 6.07) is 0. The van der Waals surface area contributed by atoms with Crippen LogP contribution in [0.3, 0.4) is 0 Å². The van der Waals surface area contributed by atoms with E-state index in [1.807, 2.05) is 0 Å². The van der Waals surface area contributed by atoms with Crippen LogP contribution >= 0.6 is 0 Å². The van der Waals surface area contributed by atoms with E-state index in [-0.39, 0.29) is 0 Å². The van der Waals surface area contributed by atoms with Crippen molar-refractivity contribution < 1.29 is 76.7 Å².